The maximum Gasteiger partial charge on any atom is 0.306 e. The van der Waals surface area contributed by atoms with E-state index in [4.69, 9.17) is 4.74 Å². The summed E-state index contributed by atoms with van der Waals surface area (Å²) in [7, 11) is 0. The Morgan fingerprint density at radius 2 is 2.20 bits per heavy atom. The molecular formula is C7H13BrO2. The topological polar surface area (TPSA) is 26.3 Å². The SMILES string of the molecule is CC(C)COC(=O)CCBr. The second-order valence-corrected chi connectivity index (χ2v) is 3.31. The standard InChI is InChI=1S/C7H13BrO2/c1-6(2)5-10-7(9)3-4-8/h6H,3-5H2,1-2H3. The van der Waals surface area contributed by atoms with Crippen molar-refractivity contribution in [3.63, 3.8) is 0 Å². The molecule has 0 rings (SSSR count). The number of esters is 1. The highest BCUT2D eigenvalue weighted by Crippen LogP contribution is 1.96. The lowest BCUT2D eigenvalue weighted by atomic mass is 10.2. The quantitative estimate of drug-likeness (QED) is 0.522. The number of halogens is 1. The zero-order valence-electron chi connectivity index (χ0n) is 6.39. The van der Waals surface area contributed by atoms with Gasteiger partial charge in [-0.25, -0.2) is 0 Å². The van der Waals surface area contributed by atoms with E-state index in [1.54, 1.807) is 0 Å². The van der Waals surface area contributed by atoms with Gasteiger partial charge < -0.3 is 4.74 Å². The Labute approximate surface area is 70.1 Å². The normalized spacial score (nSPS) is 10.0. The Kier molecular flexibility index (Phi) is 5.69. The van der Waals surface area contributed by atoms with Crippen LogP contribution in [0.15, 0.2) is 0 Å². The molecule has 0 atom stereocenters. The highest BCUT2D eigenvalue weighted by molar-refractivity contribution is 9.09. The number of rotatable bonds is 4. The second kappa shape index (κ2) is 5.71. The molecule has 2 nitrogen and oxygen atoms in total. The molecule has 0 N–H and O–H groups in total. The Bertz CT molecular complexity index is 102. The van der Waals surface area contributed by atoms with Crippen molar-refractivity contribution >= 4 is 21.9 Å². The maximum atomic E-state index is 10.7. The minimum atomic E-state index is -0.120. The first kappa shape index (κ1) is 9.95. The molecule has 0 radical (unpaired) electrons. The van der Waals surface area contributed by atoms with Gasteiger partial charge in [0.05, 0.1) is 13.0 Å². The van der Waals surface area contributed by atoms with Crippen molar-refractivity contribution in [1.29, 1.82) is 0 Å². The molecule has 0 unspecified atom stereocenters. The third kappa shape index (κ3) is 6.08. The average molecular weight is 209 g/mol. The second-order valence-electron chi connectivity index (χ2n) is 2.52. The fraction of sp³-hybridized carbons (Fsp3) is 0.857. The van der Waals surface area contributed by atoms with E-state index in [1.807, 2.05) is 13.8 Å². The first-order valence-electron chi connectivity index (χ1n) is 3.38. The molecule has 60 valence electrons. The van der Waals surface area contributed by atoms with E-state index in [2.05, 4.69) is 15.9 Å². The number of hydrogen-bond acceptors (Lipinski definition) is 2. The zero-order chi connectivity index (χ0) is 7.98. The molecule has 0 aromatic rings. The van der Waals surface area contributed by atoms with Crippen LogP contribution in [0.2, 0.25) is 0 Å². The highest BCUT2D eigenvalue weighted by atomic mass is 79.9. The molecule has 3 heteroatoms. The number of hydrogen-bond donors (Lipinski definition) is 0. The van der Waals surface area contributed by atoms with E-state index in [0.29, 0.717) is 24.3 Å². The van der Waals surface area contributed by atoms with Crippen LogP contribution < -0.4 is 0 Å². The van der Waals surface area contributed by atoms with Crippen LogP contribution in [0.1, 0.15) is 20.3 Å². The molecular weight excluding hydrogens is 196 g/mol. The molecule has 0 bridgehead atoms. The third-order valence-electron chi connectivity index (χ3n) is 0.876. The largest absolute Gasteiger partial charge is 0.465 e. The molecule has 0 saturated heterocycles. The smallest absolute Gasteiger partial charge is 0.306 e. The van der Waals surface area contributed by atoms with E-state index in [0.717, 1.165) is 0 Å². The molecule has 0 saturated carbocycles. The lowest BCUT2D eigenvalue weighted by Gasteiger charge is -2.04. The molecule has 0 aliphatic carbocycles. The van der Waals surface area contributed by atoms with Gasteiger partial charge in [-0.3, -0.25) is 4.79 Å². The van der Waals surface area contributed by atoms with Gasteiger partial charge in [0.15, 0.2) is 0 Å². The molecule has 0 amide bonds. The highest BCUT2D eigenvalue weighted by Gasteiger charge is 2.01. The van der Waals surface area contributed by atoms with Crippen LogP contribution in [-0.4, -0.2) is 17.9 Å². The summed E-state index contributed by atoms with van der Waals surface area (Å²) in [6.07, 6.45) is 0.465. The van der Waals surface area contributed by atoms with Gasteiger partial charge in [-0.2, -0.15) is 0 Å². The number of carbonyl (C=O) groups excluding carboxylic acids is 1. The van der Waals surface area contributed by atoms with E-state index < -0.39 is 0 Å². The molecule has 0 spiro atoms. The summed E-state index contributed by atoms with van der Waals surface area (Å²) in [5.74, 6) is 0.310. The summed E-state index contributed by atoms with van der Waals surface area (Å²) in [5, 5.41) is 0.684. The van der Waals surface area contributed by atoms with E-state index >= 15 is 0 Å². The summed E-state index contributed by atoms with van der Waals surface area (Å²) < 4.78 is 4.87. The van der Waals surface area contributed by atoms with Crippen molar-refractivity contribution in [2.75, 3.05) is 11.9 Å². The average Bonchev–Trinajstić information content (AvgIpc) is 1.85. The minimum Gasteiger partial charge on any atom is -0.465 e. The Hall–Kier alpha value is -0.0500. The van der Waals surface area contributed by atoms with Crippen LogP contribution in [0.5, 0.6) is 0 Å². The van der Waals surface area contributed by atoms with Gasteiger partial charge in [0.25, 0.3) is 0 Å². The number of alkyl halides is 1. The van der Waals surface area contributed by atoms with E-state index in [-0.39, 0.29) is 5.97 Å². The molecule has 0 aliphatic rings. The zero-order valence-corrected chi connectivity index (χ0v) is 7.98. The van der Waals surface area contributed by atoms with Crippen molar-refractivity contribution < 1.29 is 9.53 Å². The fourth-order valence-electron chi connectivity index (χ4n) is 0.409. The predicted octanol–water partition coefficient (Wildman–Crippen LogP) is 1.97. The lowest BCUT2D eigenvalue weighted by molar-refractivity contribution is -0.144. The van der Waals surface area contributed by atoms with Gasteiger partial charge in [-0.15, -0.1) is 0 Å². The van der Waals surface area contributed by atoms with Crippen LogP contribution in [0.25, 0.3) is 0 Å². The number of carbonyl (C=O) groups is 1. The minimum absolute atomic E-state index is 0.120. The van der Waals surface area contributed by atoms with Crippen LogP contribution in [0.4, 0.5) is 0 Å². The van der Waals surface area contributed by atoms with Crippen molar-refractivity contribution in [1.82, 2.24) is 0 Å². The monoisotopic (exact) mass is 208 g/mol. The fourth-order valence-corrected chi connectivity index (χ4v) is 0.733. The van der Waals surface area contributed by atoms with Gasteiger partial charge in [-0.1, -0.05) is 29.8 Å². The van der Waals surface area contributed by atoms with Crippen molar-refractivity contribution in [2.45, 2.75) is 20.3 Å². The third-order valence-corrected chi connectivity index (χ3v) is 1.27. The molecule has 0 aliphatic heterocycles. The summed E-state index contributed by atoms with van der Waals surface area (Å²) in [4.78, 5) is 10.7. The predicted molar refractivity (Wildman–Crippen MR) is 44.2 cm³/mol. The summed E-state index contributed by atoms with van der Waals surface area (Å²) >= 11 is 3.16. The van der Waals surface area contributed by atoms with Gasteiger partial charge in [0.1, 0.15) is 0 Å². The van der Waals surface area contributed by atoms with E-state index in [9.17, 15) is 4.79 Å². The first-order valence-corrected chi connectivity index (χ1v) is 4.50. The van der Waals surface area contributed by atoms with E-state index in [1.165, 1.54) is 0 Å². The maximum absolute atomic E-state index is 10.7. The van der Waals surface area contributed by atoms with Gasteiger partial charge in [-0.05, 0) is 5.92 Å². The van der Waals surface area contributed by atoms with Crippen LogP contribution in [0.3, 0.4) is 0 Å². The number of ether oxygens (including phenoxy) is 1. The first-order chi connectivity index (χ1) is 4.66. The molecule has 0 aromatic carbocycles. The molecule has 0 aromatic heterocycles. The summed E-state index contributed by atoms with van der Waals surface area (Å²) in [6.45, 7) is 4.56. The molecule has 0 heterocycles. The Morgan fingerprint density at radius 1 is 1.60 bits per heavy atom. The van der Waals surface area contributed by atoms with Crippen LogP contribution in [-0.2, 0) is 9.53 Å². The summed E-state index contributed by atoms with van der Waals surface area (Å²) in [5.41, 5.74) is 0. The van der Waals surface area contributed by atoms with Gasteiger partial charge in [0, 0.05) is 5.33 Å². The summed E-state index contributed by atoms with van der Waals surface area (Å²) in [6, 6.07) is 0. The Morgan fingerprint density at radius 3 is 2.60 bits per heavy atom. The lowest BCUT2D eigenvalue weighted by Crippen LogP contribution is -2.09. The van der Waals surface area contributed by atoms with Crippen molar-refractivity contribution in [3.8, 4) is 0 Å². The van der Waals surface area contributed by atoms with Gasteiger partial charge in [0.2, 0.25) is 0 Å². The van der Waals surface area contributed by atoms with Crippen molar-refractivity contribution in [2.24, 2.45) is 5.92 Å². The molecule has 0 fully saturated rings. The van der Waals surface area contributed by atoms with Crippen LogP contribution in [0, 0.1) is 5.92 Å². The van der Waals surface area contributed by atoms with Gasteiger partial charge >= 0.3 is 5.97 Å². The van der Waals surface area contributed by atoms with Crippen molar-refractivity contribution in [3.05, 3.63) is 0 Å². The Balaban J connectivity index is 3.22. The molecule has 10 heavy (non-hydrogen) atoms. The van der Waals surface area contributed by atoms with Crippen LogP contribution >= 0.6 is 15.9 Å².